The van der Waals surface area contributed by atoms with Gasteiger partial charge in [-0.05, 0) is 36.6 Å². The summed E-state index contributed by atoms with van der Waals surface area (Å²) < 4.78 is 5.56. The van der Waals surface area contributed by atoms with Crippen LogP contribution in [-0.4, -0.2) is 30.6 Å². The zero-order valence-corrected chi connectivity index (χ0v) is 13.6. The summed E-state index contributed by atoms with van der Waals surface area (Å²) in [5, 5.41) is 3.13. The smallest absolute Gasteiger partial charge is 0.220 e. The van der Waals surface area contributed by atoms with Crippen LogP contribution >= 0.6 is 11.3 Å². The number of piperidine rings is 1. The molecule has 2 aliphatic heterocycles. The van der Waals surface area contributed by atoms with E-state index in [4.69, 9.17) is 15.5 Å². The normalized spacial score (nSPS) is 17.8. The van der Waals surface area contributed by atoms with Crippen LogP contribution in [0.2, 0.25) is 0 Å². The van der Waals surface area contributed by atoms with Crippen LogP contribution in [0.4, 0.5) is 5.13 Å². The van der Waals surface area contributed by atoms with Gasteiger partial charge >= 0.3 is 0 Å². The Bertz CT molecular complexity index is 735. The number of primary amides is 1. The van der Waals surface area contributed by atoms with Crippen molar-refractivity contribution in [1.82, 2.24) is 4.98 Å². The first-order chi connectivity index (χ1) is 11.2. The van der Waals surface area contributed by atoms with Gasteiger partial charge in [0.1, 0.15) is 5.75 Å². The highest BCUT2D eigenvalue weighted by atomic mass is 32.1. The minimum Gasteiger partial charge on any atom is -0.493 e. The van der Waals surface area contributed by atoms with Crippen molar-refractivity contribution in [3.05, 3.63) is 29.1 Å². The summed E-state index contributed by atoms with van der Waals surface area (Å²) in [7, 11) is 0. The highest BCUT2D eigenvalue weighted by Gasteiger charge is 2.24. The van der Waals surface area contributed by atoms with Gasteiger partial charge in [-0.1, -0.05) is 0 Å². The van der Waals surface area contributed by atoms with E-state index in [2.05, 4.69) is 22.4 Å². The number of benzene rings is 1. The molecule has 5 nitrogen and oxygen atoms in total. The summed E-state index contributed by atoms with van der Waals surface area (Å²) in [4.78, 5) is 18.3. The Kier molecular flexibility index (Phi) is 3.69. The molecule has 0 saturated carbocycles. The molecule has 1 amide bonds. The second-order valence-electron chi connectivity index (χ2n) is 6.10. The monoisotopic (exact) mass is 329 g/mol. The van der Waals surface area contributed by atoms with Gasteiger partial charge in [0, 0.05) is 36.4 Å². The van der Waals surface area contributed by atoms with Gasteiger partial charge in [-0.2, -0.15) is 0 Å². The zero-order chi connectivity index (χ0) is 15.8. The summed E-state index contributed by atoms with van der Waals surface area (Å²) in [6.45, 7) is 2.47. The average molecular weight is 329 g/mol. The maximum Gasteiger partial charge on any atom is 0.220 e. The Hall–Kier alpha value is -2.08. The third-order valence-corrected chi connectivity index (χ3v) is 5.55. The number of anilines is 1. The molecule has 2 aromatic rings. The van der Waals surface area contributed by atoms with E-state index >= 15 is 0 Å². The molecule has 0 aliphatic carbocycles. The largest absolute Gasteiger partial charge is 0.493 e. The van der Waals surface area contributed by atoms with E-state index in [0.717, 1.165) is 61.1 Å². The minimum absolute atomic E-state index is 0.0161. The van der Waals surface area contributed by atoms with Crippen LogP contribution < -0.4 is 15.4 Å². The quantitative estimate of drug-likeness (QED) is 0.939. The molecular weight excluding hydrogens is 310 g/mol. The third-order valence-electron chi connectivity index (χ3n) is 4.65. The van der Waals surface area contributed by atoms with Gasteiger partial charge in [-0.25, -0.2) is 4.98 Å². The average Bonchev–Trinajstić information content (AvgIpc) is 3.23. The Morgan fingerprint density at radius 3 is 2.96 bits per heavy atom. The Morgan fingerprint density at radius 2 is 2.17 bits per heavy atom. The molecule has 2 N–H and O–H groups in total. The molecule has 0 spiro atoms. The number of ether oxygens (including phenoxy) is 1. The highest BCUT2D eigenvalue weighted by Crippen LogP contribution is 2.33. The summed E-state index contributed by atoms with van der Waals surface area (Å²) in [6.07, 6.45) is 2.61. The molecule has 0 atom stereocenters. The van der Waals surface area contributed by atoms with Crippen molar-refractivity contribution in [3.63, 3.8) is 0 Å². The SMILES string of the molecule is NC(=O)C1CCN(c2nc(-c3ccc4c(c3)CCO4)cs2)CC1. The number of carbonyl (C=O) groups excluding carboxylic acids is 1. The molecule has 6 heteroatoms. The van der Waals surface area contributed by atoms with Crippen LogP contribution in [-0.2, 0) is 11.2 Å². The molecule has 0 radical (unpaired) electrons. The maximum atomic E-state index is 11.3. The summed E-state index contributed by atoms with van der Waals surface area (Å²) >= 11 is 1.66. The lowest BCUT2D eigenvalue weighted by molar-refractivity contribution is -0.122. The van der Waals surface area contributed by atoms with Crippen LogP contribution in [0, 0.1) is 5.92 Å². The van der Waals surface area contributed by atoms with E-state index in [-0.39, 0.29) is 11.8 Å². The maximum absolute atomic E-state index is 11.3. The molecule has 120 valence electrons. The summed E-state index contributed by atoms with van der Waals surface area (Å²) in [5.41, 5.74) is 8.81. The molecule has 1 aromatic heterocycles. The summed E-state index contributed by atoms with van der Waals surface area (Å²) in [5.74, 6) is 0.838. The predicted octanol–water partition coefficient (Wildman–Crippen LogP) is 2.45. The number of carbonyl (C=O) groups is 1. The first kappa shape index (κ1) is 14.5. The van der Waals surface area contributed by atoms with Crippen molar-refractivity contribution in [1.29, 1.82) is 0 Å². The topological polar surface area (TPSA) is 68.5 Å². The number of rotatable bonds is 3. The van der Waals surface area contributed by atoms with Crippen LogP contribution in [0.25, 0.3) is 11.3 Å². The van der Waals surface area contributed by atoms with E-state index in [1.807, 2.05) is 6.07 Å². The fourth-order valence-electron chi connectivity index (χ4n) is 3.24. The number of aromatic nitrogens is 1. The van der Waals surface area contributed by atoms with E-state index in [0.29, 0.717) is 0 Å². The van der Waals surface area contributed by atoms with Crippen molar-refractivity contribution >= 4 is 22.4 Å². The lowest BCUT2D eigenvalue weighted by atomic mass is 9.97. The van der Waals surface area contributed by atoms with Crippen LogP contribution in [0.1, 0.15) is 18.4 Å². The molecule has 4 rings (SSSR count). The Morgan fingerprint density at radius 1 is 1.35 bits per heavy atom. The van der Waals surface area contributed by atoms with Crippen LogP contribution in [0.5, 0.6) is 5.75 Å². The minimum atomic E-state index is -0.176. The molecule has 1 saturated heterocycles. The number of fused-ring (bicyclic) bond motifs is 1. The number of hydrogen-bond acceptors (Lipinski definition) is 5. The van der Waals surface area contributed by atoms with Gasteiger partial charge in [0.25, 0.3) is 0 Å². The van der Waals surface area contributed by atoms with E-state index < -0.39 is 0 Å². The number of hydrogen-bond donors (Lipinski definition) is 1. The van der Waals surface area contributed by atoms with Crippen LogP contribution in [0.15, 0.2) is 23.6 Å². The Balaban J connectivity index is 1.50. The van der Waals surface area contributed by atoms with Crippen molar-refractivity contribution in [2.24, 2.45) is 11.7 Å². The first-order valence-electron chi connectivity index (χ1n) is 7.96. The predicted molar refractivity (Wildman–Crippen MR) is 90.9 cm³/mol. The van der Waals surface area contributed by atoms with Crippen LogP contribution in [0.3, 0.4) is 0 Å². The molecule has 1 aromatic carbocycles. The number of nitrogens with zero attached hydrogens (tertiary/aromatic N) is 2. The molecule has 2 aliphatic rings. The second-order valence-corrected chi connectivity index (χ2v) is 6.94. The molecule has 3 heterocycles. The third kappa shape index (κ3) is 2.79. The lowest BCUT2D eigenvalue weighted by Crippen LogP contribution is -2.38. The standard InChI is InChI=1S/C17H19N3O2S/c18-16(21)11-3-6-20(7-4-11)17-19-14(10-23-17)12-1-2-15-13(9-12)5-8-22-15/h1-2,9-11H,3-8H2,(H2,18,21). The van der Waals surface area contributed by atoms with E-state index in [1.54, 1.807) is 11.3 Å². The highest BCUT2D eigenvalue weighted by molar-refractivity contribution is 7.14. The fraction of sp³-hybridized carbons (Fsp3) is 0.412. The van der Waals surface area contributed by atoms with E-state index in [1.165, 1.54) is 5.56 Å². The fourth-order valence-corrected chi connectivity index (χ4v) is 4.13. The second kappa shape index (κ2) is 5.85. The number of thiazole rings is 1. The van der Waals surface area contributed by atoms with Gasteiger partial charge in [0.05, 0.1) is 12.3 Å². The van der Waals surface area contributed by atoms with Gasteiger partial charge in [0.15, 0.2) is 5.13 Å². The van der Waals surface area contributed by atoms with Gasteiger partial charge in [-0.15, -0.1) is 11.3 Å². The molecule has 0 bridgehead atoms. The van der Waals surface area contributed by atoms with Gasteiger partial charge < -0.3 is 15.4 Å². The molecule has 0 unspecified atom stereocenters. The van der Waals surface area contributed by atoms with Crippen molar-refractivity contribution in [3.8, 4) is 17.0 Å². The summed E-state index contributed by atoms with van der Waals surface area (Å²) in [6, 6.07) is 6.29. The zero-order valence-electron chi connectivity index (χ0n) is 12.8. The number of nitrogens with two attached hydrogens (primary N) is 1. The van der Waals surface area contributed by atoms with Gasteiger partial charge in [-0.3, -0.25) is 4.79 Å². The lowest BCUT2D eigenvalue weighted by Gasteiger charge is -2.30. The van der Waals surface area contributed by atoms with Crippen molar-refractivity contribution in [2.75, 3.05) is 24.6 Å². The molecular formula is C17H19N3O2S. The van der Waals surface area contributed by atoms with Crippen molar-refractivity contribution < 1.29 is 9.53 Å². The van der Waals surface area contributed by atoms with E-state index in [9.17, 15) is 4.79 Å². The molecule has 1 fully saturated rings. The van der Waals surface area contributed by atoms with Crippen molar-refractivity contribution in [2.45, 2.75) is 19.3 Å². The van der Waals surface area contributed by atoms with Gasteiger partial charge in [0.2, 0.25) is 5.91 Å². The number of amides is 1. The molecule has 23 heavy (non-hydrogen) atoms. The first-order valence-corrected chi connectivity index (χ1v) is 8.84. The Labute approximate surface area is 139 Å².